The Hall–Kier alpha value is -2.78. The topological polar surface area (TPSA) is 47.9 Å². The predicted molar refractivity (Wildman–Crippen MR) is 77.0 cm³/mol. The number of aryl methyl sites for hydroxylation is 1. The largest absolute Gasteiger partial charge is 0.573 e. The predicted octanol–water partition coefficient (Wildman–Crippen LogP) is 5.08. The molecule has 0 aromatic heterocycles. The van der Waals surface area contributed by atoms with Crippen LogP contribution in [-0.2, 0) is 6.61 Å². The first kappa shape index (κ1) is 19.5. The Morgan fingerprint density at radius 3 is 2.08 bits per heavy atom. The number of hydrogen-bond acceptors (Lipinski definition) is 4. The monoisotopic (exact) mass is 382 g/mol. The summed E-state index contributed by atoms with van der Waals surface area (Å²) in [5.74, 6) is -1.81. The molecule has 0 saturated carbocycles. The molecule has 0 aliphatic rings. The molecule has 0 radical (unpaired) electrons. The lowest BCUT2D eigenvalue weighted by Gasteiger charge is -2.14. The number of aromatic hydroxyl groups is 1. The number of alkyl halides is 6. The van der Waals surface area contributed by atoms with Crippen molar-refractivity contribution in [1.82, 2.24) is 0 Å². The highest BCUT2D eigenvalue weighted by atomic mass is 19.4. The van der Waals surface area contributed by atoms with Gasteiger partial charge in [0.25, 0.3) is 0 Å². The zero-order valence-corrected chi connectivity index (χ0v) is 13.1. The van der Waals surface area contributed by atoms with Crippen LogP contribution in [0, 0.1) is 6.92 Å². The molecule has 2 aromatic carbocycles. The molecule has 0 bridgehead atoms. The maximum Gasteiger partial charge on any atom is 0.573 e. The summed E-state index contributed by atoms with van der Waals surface area (Å²) in [5, 5.41) is 9.81. The molecule has 0 heterocycles. The SMILES string of the molecule is Cc1cc(OCc2cccc(OC(F)(F)F)c2O)ccc1OC(F)(F)F. The van der Waals surface area contributed by atoms with Crippen molar-refractivity contribution < 1.29 is 45.7 Å². The van der Waals surface area contributed by atoms with Crippen LogP contribution in [0.1, 0.15) is 11.1 Å². The molecule has 4 nitrogen and oxygen atoms in total. The van der Waals surface area contributed by atoms with Crippen molar-refractivity contribution >= 4 is 0 Å². The van der Waals surface area contributed by atoms with Crippen LogP contribution >= 0.6 is 0 Å². The minimum absolute atomic E-state index is 0.0000196. The minimum atomic E-state index is -4.97. The highest BCUT2D eigenvalue weighted by molar-refractivity contribution is 5.45. The van der Waals surface area contributed by atoms with Gasteiger partial charge in [-0.15, -0.1) is 26.3 Å². The van der Waals surface area contributed by atoms with Gasteiger partial charge in [0.1, 0.15) is 18.1 Å². The third-order valence-electron chi connectivity index (χ3n) is 3.07. The van der Waals surface area contributed by atoms with Crippen LogP contribution in [0.3, 0.4) is 0 Å². The van der Waals surface area contributed by atoms with Gasteiger partial charge in [-0.25, -0.2) is 0 Å². The van der Waals surface area contributed by atoms with E-state index in [0.717, 1.165) is 12.1 Å². The van der Waals surface area contributed by atoms with Crippen molar-refractivity contribution in [3.05, 3.63) is 47.5 Å². The van der Waals surface area contributed by atoms with Crippen LogP contribution in [0.4, 0.5) is 26.3 Å². The van der Waals surface area contributed by atoms with Gasteiger partial charge in [0.05, 0.1) is 0 Å². The van der Waals surface area contributed by atoms with E-state index >= 15 is 0 Å². The van der Waals surface area contributed by atoms with Crippen molar-refractivity contribution in [1.29, 1.82) is 0 Å². The Labute approximate surface area is 143 Å². The van der Waals surface area contributed by atoms with Crippen molar-refractivity contribution in [2.45, 2.75) is 26.3 Å². The number of hydrogen-bond donors (Lipinski definition) is 1. The van der Waals surface area contributed by atoms with Gasteiger partial charge in [-0.3, -0.25) is 0 Å². The van der Waals surface area contributed by atoms with Gasteiger partial charge in [0, 0.05) is 5.56 Å². The maximum atomic E-state index is 12.2. The fourth-order valence-electron chi connectivity index (χ4n) is 2.00. The number of ether oxygens (including phenoxy) is 3. The summed E-state index contributed by atoms with van der Waals surface area (Å²) >= 11 is 0. The van der Waals surface area contributed by atoms with Gasteiger partial charge in [-0.2, -0.15) is 0 Å². The van der Waals surface area contributed by atoms with E-state index in [4.69, 9.17) is 4.74 Å². The molecule has 2 rings (SSSR count). The van der Waals surface area contributed by atoms with E-state index in [-0.39, 0.29) is 23.5 Å². The van der Waals surface area contributed by atoms with E-state index in [1.54, 1.807) is 0 Å². The standard InChI is InChI=1S/C16H12F6O4/c1-9-7-11(5-6-12(9)25-15(17,18)19)24-8-10-3-2-4-13(14(10)23)26-16(20,21)22/h2-7,23H,8H2,1H3. The van der Waals surface area contributed by atoms with Crippen molar-refractivity contribution in [2.24, 2.45) is 0 Å². The summed E-state index contributed by atoms with van der Waals surface area (Å²) in [6.45, 7) is 1.03. The first-order valence-corrected chi connectivity index (χ1v) is 7.00. The molecule has 0 aliphatic heterocycles. The average Bonchev–Trinajstić information content (AvgIpc) is 2.48. The highest BCUT2D eigenvalue weighted by Gasteiger charge is 2.33. The van der Waals surface area contributed by atoms with E-state index in [1.165, 1.54) is 31.2 Å². The van der Waals surface area contributed by atoms with Crippen molar-refractivity contribution in [3.8, 4) is 23.0 Å². The van der Waals surface area contributed by atoms with Gasteiger partial charge < -0.3 is 19.3 Å². The highest BCUT2D eigenvalue weighted by Crippen LogP contribution is 2.35. The molecule has 0 aliphatic carbocycles. The van der Waals surface area contributed by atoms with Crippen molar-refractivity contribution in [2.75, 3.05) is 0 Å². The zero-order valence-electron chi connectivity index (χ0n) is 13.1. The number of phenols is 1. The van der Waals surface area contributed by atoms with E-state index in [2.05, 4.69) is 9.47 Å². The number of rotatable bonds is 5. The van der Waals surface area contributed by atoms with Gasteiger partial charge in [-0.05, 0) is 36.8 Å². The Kier molecular flexibility index (Phi) is 5.43. The third kappa shape index (κ3) is 5.64. The molecular formula is C16H12F6O4. The summed E-state index contributed by atoms with van der Waals surface area (Å²) in [6, 6.07) is 6.97. The normalized spacial score (nSPS) is 12.0. The summed E-state index contributed by atoms with van der Waals surface area (Å²) in [6.07, 6.45) is -9.81. The first-order valence-electron chi connectivity index (χ1n) is 7.00. The van der Waals surface area contributed by atoms with Gasteiger partial charge in [0.2, 0.25) is 0 Å². The van der Waals surface area contributed by atoms with Crippen LogP contribution in [0.5, 0.6) is 23.0 Å². The molecule has 0 atom stereocenters. The minimum Gasteiger partial charge on any atom is -0.504 e. The third-order valence-corrected chi connectivity index (χ3v) is 3.07. The Bertz CT molecular complexity index is 770. The molecule has 1 N–H and O–H groups in total. The van der Waals surface area contributed by atoms with Crippen LogP contribution in [-0.4, -0.2) is 17.8 Å². The number of phenolic OH excluding ortho intramolecular Hbond substituents is 1. The smallest absolute Gasteiger partial charge is 0.504 e. The molecular weight excluding hydrogens is 370 g/mol. The summed E-state index contributed by atoms with van der Waals surface area (Å²) in [5.41, 5.74) is 0.137. The Morgan fingerprint density at radius 1 is 0.885 bits per heavy atom. The molecule has 0 amide bonds. The van der Waals surface area contributed by atoms with Gasteiger partial charge in [0.15, 0.2) is 11.5 Å². The molecule has 2 aromatic rings. The Balaban J connectivity index is 2.10. The second kappa shape index (κ2) is 7.22. The Morgan fingerprint density at radius 2 is 1.50 bits per heavy atom. The van der Waals surface area contributed by atoms with Crippen molar-refractivity contribution in [3.63, 3.8) is 0 Å². The fraction of sp³-hybridized carbons (Fsp3) is 0.250. The van der Waals surface area contributed by atoms with E-state index in [0.29, 0.717) is 0 Å². The van der Waals surface area contributed by atoms with Crippen LogP contribution in [0.2, 0.25) is 0 Å². The second-order valence-electron chi connectivity index (χ2n) is 5.08. The summed E-state index contributed by atoms with van der Waals surface area (Å²) < 4.78 is 86.2. The molecule has 0 saturated heterocycles. The lowest BCUT2D eigenvalue weighted by molar-refractivity contribution is -0.276. The van der Waals surface area contributed by atoms with E-state index in [1.807, 2.05) is 0 Å². The van der Waals surface area contributed by atoms with E-state index < -0.39 is 30.0 Å². The number of halogens is 6. The molecule has 26 heavy (non-hydrogen) atoms. The molecule has 142 valence electrons. The van der Waals surface area contributed by atoms with E-state index in [9.17, 15) is 31.4 Å². The average molecular weight is 382 g/mol. The van der Waals surface area contributed by atoms with Gasteiger partial charge >= 0.3 is 12.7 Å². The lowest BCUT2D eigenvalue weighted by atomic mass is 10.2. The van der Waals surface area contributed by atoms with Crippen LogP contribution in [0.15, 0.2) is 36.4 Å². The lowest BCUT2D eigenvalue weighted by Crippen LogP contribution is -2.17. The van der Waals surface area contributed by atoms with Crippen LogP contribution in [0.25, 0.3) is 0 Å². The molecule has 10 heteroatoms. The number of benzene rings is 2. The first-order chi connectivity index (χ1) is 11.9. The summed E-state index contributed by atoms with van der Waals surface area (Å²) in [4.78, 5) is 0. The summed E-state index contributed by atoms with van der Waals surface area (Å²) in [7, 11) is 0. The maximum absolute atomic E-state index is 12.2. The fourth-order valence-corrected chi connectivity index (χ4v) is 2.00. The zero-order chi connectivity index (χ0) is 19.5. The van der Waals surface area contributed by atoms with Gasteiger partial charge in [-0.1, -0.05) is 12.1 Å². The van der Waals surface area contributed by atoms with Crippen LogP contribution < -0.4 is 14.2 Å². The molecule has 0 unspecified atom stereocenters. The number of para-hydroxylation sites is 1. The quantitative estimate of drug-likeness (QED) is 0.733. The molecule has 0 fully saturated rings. The second-order valence-corrected chi connectivity index (χ2v) is 5.08. The molecule has 0 spiro atoms.